The van der Waals surface area contributed by atoms with Crippen molar-refractivity contribution in [2.75, 3.05) is 0 Å². The van der Waals surface area contributed by atoms with E-state index in [1.165, 1.54) is 0 Å². The molecule has 0 saturated heterocycles. The fourth-order valence-corrected chi connectivity index (χ4v) is 1.19. The molecule has 0 atom stereocenters. The zero-order valence-corrected chi connectivity index (χ0v) is 7.36. The molecule has 2 rings (SSSR count). The molecule has 0 aliphatic carbocycles. The minimum Gasteiger partial charge on any atom is -0.209 e. The molecule has 0 N–H and O–H groups in total. The quantitative estimate of drug-likeness (QED) is 0.615. The number of rotatable bonds is 1. The zero-order chi connectivity index (χ0) is 9.26. The monoisotopic (exact) mass is 171 g/mol. The molecular formula is C10H9N3. The van der Waals surface area contributed by atoms with Crippen LogP contribution in [0.25, 0.3) is 16.7 Å². The molecule has 64 valence electrons. The lowest BCUT2D eigenvalue weighted by Crippen LogP contribution is -1.94. The van der Waals surface area contributed by atoms with Crippen molar-refractivity contribution < 1.29 is 0 Å². The van der Waals surface area contributed by atoms with Gasteiger partial charge in [-0.1, -0.05) is 23.9 Å². The normalized spacial score (nSPS) is 9.92. The molecule has 0 aliphatic heterocycles. The van der Waals surface area contributed by atoms with Crippen LogP contribution in [0.2, 0.25) is 0 Å². The predicted octanol–water partition coefficient (Wildman–Crippen LogP) is 2.08. The van der Waals surface area contributed by atoms with E-state index in [0.717, 1.165) is 16.7 Å². The van der Waals surface area contributed by atoms with Crippen LogP contribution in [-0.4, -0.2) is 15.0 Å². The molecule has 0 radical (unpaired) electrons. The molecule has 0 spiro atoms. The molecule has 0 saturated carbocycles. The van der Waals surface area contributed by atoms with Crippen molar-refractivity contribution in [1.29, 1.82) is 0 Å². The Morgan fingerprint density at radius 2 is 2.23 bits per heavy atom. The van der Waals surface area contributed by atoms with E-state index < -0.39 is 0 Å². The maximum Gasteiger partial charge on any atom is 0.113 e. The number of nitrogens with zero attached hydrogens (tertiary/aromatic N) is 3. The third kappa shape index (κ3) is 1.15. The van der Waals surface area contributed by atoms with E-state index in [9.17, 15) is 0 Å². The number of allylic oxidation sites excluding steroid dienone is 1. The molecule has 0 amide bonds. The maximum atomic E-state index is 4.01. The molecule has 3 heteroatoms. The molecule has 3 nitrogen and oxygen atoms in total. The van der Waals surface area contributed by atoms with Crippen LogP contribution in [0.3, 0.4) is 0 Å². The number of benzene rings is 1. The maximum absolute atomic E-state index is 4.01. The van der Waals surface area contributed by atoms with Crippen molar-refractivity contribution in [3.63, 3.8) is 0 Å². The predicted molar refractivity (Wildman–Crippen MR) is 52.0 cm³/mol. The summed E-state index contributed by atoms with van der Waals surface area (Å²) in [5, 5.41) is 8.01. The smallest absolute Gasteiger partial charge is 0.113 e. The van der Waals surface area contributed by atoms with Crippen LogP contribution < -0.4 is 0 Å². The van der Waals surface area contributed by atoms with Crippen molar-refractivity contribution in [3.8, 4) is 0 Å². The Balaban J connectivity index is 2.78. The molecular weight excluding hydrogens is 162 g/mol. The van der Waals surface area contributed by atoms with Gasteiger partial charge in [-0.2, -0.15) is 0 Å². The zero-order valence-electron chi connectivity index (χ0n) is 7.36. The minimum absolute atomic E-state index is 0.855. The van der Waals surface area contributed by atoms with Gasteiger partial charge in [0, 0.05) is 0 Å². The minimum atomic E-state index is 0.855. The molecule has 1 heterocycles. The van der Waals surface area contributed by atoms with Crippen LogP contribution >= 0.6 is 0 Å². The van der Waals surface area contributed by atoms with Gasteiger partial charge in [-0.25, -0.2) is 4.68 Å². The Morgan fingerprint density at radius 3 is 3.00 bits per heavy atom. The molecule has 0 bridgehead atoms. The fraction of sp³-hybridized carbons (Fsp3) is 0.100. The first-order valence-corrected chi connectivity index (χ1v) is 4.00. The SMILES string of the molecule is C=C=C(C)n1nnc2ccccc21. The van der Waals surface area contributed by atoms with Gasteiger partial charge < -0.3 is 0 Å². The van der Waals surface area contributed by atoms with Crippen LogP contribution in [0.4, 0.5) is 0 Å². The number of para-hydroxylation sites is 1. The number of fused-ring (bicyclic) bond motifs is 1. The van der Waals surface area contributed by atoms with Gasteiger partial charge in [-0.15, -0.1) is 10.8 Å². The van der Waals surface area contributed by atoms with Gasteiger partial charge in [-0.3, -0.25) is 0 Å². The van der Waals surface area contributed by atoms with Gasteiger partial charge in [-0.05, 0) is 19.1 Å². The number of hydrogen-bond donors (Lipinski definition) is 0. The first kappa shape index (κ1) is 7.77. The van der Waals surface area contributed by atoms with E-state index in [-0.39, 0.29) is 0 Å². The molecule has 2 aromatic rings. The average Bonchev–Trinajstić information content (AvgIpc) is 2.60. The Bertz CT molecular complexity index is 490. The largest absolute Gasteiger partial charge is 0.209 e. The Labute approximate surface area is 76.0 Å². The summed E-state index contributed by atoms with van der Waals surface area (Å²) in [7, 11) is 0. The lowest BCUT2D eigenvalue weighted by molar-refractivity contribution is 0.836. The van der Waals surface area contributed by atoms with Crippen molar-refractivity contribution in [2.24, 2.45) is 0 Å². The van der Waals surface area contributed by atoms with Crippen LogP contribution in [0.15, 0.2) is 36.6 Å². The van der Waals surface area contributed by atoms with E-state index >= 15 is 0 Å². The highest BCUT2D eigenvalue weighted by molar-refractivity contribution is 5.77. The van der Waals surface area contributed by atoms with Gasteiger partial charge in [0.2, 0.25) is 0 Å². The third-order valence-corrected chi connectivity index (χ3v) is 1.93. The molecule has 13 heavy (non-hydrogen) atoms. The summed E-state index contributed by atoms with van der Waals surface area (Å²) in [6, 6.07) is 7.79. The molecule has 0 aliphatic rings. The second kappa shape index (κ2) is 2.88. The first-order valence-electron chi connectivity index (χ1n) is 4.00. The second-order valence-electron chi connectivity index (χ2n) is 2.75. The van der Waals surface area contributed by atoms with E-state index in [1.54, 1.807) is 4.68 Å². The second-order valence-corrected chi connectivity index (χ2v) is 2.75. The van der Waals surface area contributed by atoms with E-state index in [0.29, 0.717) is 0 Å². The van der Waals surface area contributed by atoms with E-state index in [4.69, 9.17) is 0 Å². The fourth-order valence-electron chi connectivity index (χ4n) is 1.19. The van der Waals surface area contributed by atoms with Gasteiger partial charge in [0.1, 0.15) is 5.52 Å². The van der Waals surface area contributed by atoms with Crippen molar-refractivity contribution >= 4 is 16.7 Å². The Hall–Kier alpha value is -1.86. The van der Waals surface area contributed by atoms with Crippen LogP contribution in [-0.2, 0) is 0 Å². The third-order valence-electron chi connectivity index (χ3n) is 1.93. The van der Waals surface area contributed by atoms with Gasteiger partial charge in [0.05, 0.1) is 11.2 Å². The molecule has 1 aromatic carbocycles. The lowest BCUT2D eigenvalue weighted by Gasteiger charge is -1.96. The summed E-state index contributed by atoms with van der Waals surface area (Å²) in [4.78, 5) is 0. The van der Waals surface area contributed by atoms with E-state index in [2.05, 4.69) is 22.6 Å². The summed E-state index contributed by atoms with van der Waals surface area (Å²) in [6.45, 7) is 5.47. The van der Waals surface area contributed by atoms with E-state index in [1.807, 2.05) is 31.2 Å². The number of hydrogen-bond acceptors (Lipinski definition) is 2. The molecule has 0 fully saturated rings. The lowest BCUT2D eigenvalue weighted by atomic mass is 10.3. The van der Waals surface area contributed by atoms with Crippen molar-refractivity contribution in [1.82, 2.24) is 15.0 Å². The van der Waals surface area contributed by atoms with Gasteiger partial charge in [0.15, 0.2) is 0 Å². The standard InChI is InChI=1S/C10H9N3/c1-3-8(2)13-10-7-5-4-6-9(10)11-12-13/h4-7H,1H2,2H3. The average molecular weight is 171 g/mol. The van der Waals surface area contributed by atoms with Crippen LogP contribution in [0.5, 0.6) is 0 Å². The summed E-state index contributed by atoms with van der Waals surface area (Å²) in [5.41, 5.74) is 5.51. The Kier molecular flexibility index (Phi) is 1.72. The number of aromatic nitrogens is 3. The van der Waals surface area contributed by atoms with Crippen molar-refractivity contribution in [2.45, 2.75) is 6.92 Å². The van der Waals surface area contributed by atoms with Gasteiger partial charge in [0.25, 0.3) is 0 Å². The van der Waals surface area contributed by atoms with Gasteiger partial charge >= 0.3 is 0 Å². The summed E-state index contributed by atoms with van der Waals surface area (Å²) in [6.07, 6.45) is 0. The van der Waals surface area contributed by atoms with Crippen LogP contribution in [0.1, 0.15) is 6.92 Å². The highest BCUT2D eigenvalue weighted by atomic mass is 15.4. The highest BCUT2D eigenvalue weighted by Gasteiger charge is 2.02. The summed E-state index contributed by atoms with van der Waals surface area (Å²) >= 11 is 0. The molecule has 0 unspecified atom stereocenters. The first-order chi connectivity index (χ1) is 6.33. The highest BCUT2D eigenvalue weighted by Crippen LogP contribution is 2.12. The summed E-state index contributed by atoms with van der Waals surface area (Å²) < 4.78 is 1.72. The molecule has 1 aromatic heterocycles. The van der Waals surface area contributed by atoms with Crippen LogP contribution in [0, 0.1) is 0 Å². The van der Waals surface area contributed by atoms with Crippen molar-refractivity contribution in [3.05, 3.63) is 36.6 Å². The Morgan fingerprint density at radius 1 is 1.46 bits per heavy atom. The topological polar surface area (TPSA) is 30.7 Å². The summed E-state index contributed by atoms with van der Waals surface area (Å²) in [5.74, 6) is 0.